The van der Waals surface area contributed by atoms with Crippen LogP contribution in [0.15, 0.2) is 18.3 Å². The molecule has 20 heavy (non-hydrogen) atoms. The van der Waals surface area contributed by atoms with Crippen LogP contribution in [0.5, 0.6) is 0 Å². The zero-order valence-corrected chi connectivity index (χ0v) is 12.3. The molecule has 0 fully saturated rings. The summed E-state index contributed by atoms with van der Waals surface area (Å²) in [6, 6.07) is 4.20. The molecule has 0 saturated carbocycles. The first-order valence-corrected chi connectivity index (χ1v) is 7.17. The van der Waals surface area contributed by atoms with Crippen molar-refractivity contribution in [1.29, 1.82) is 0 Å². The van der Waals surface area contributed by atoms with E-state index in [1.807, 2.05) is 33.2 Å². The molecule has 0 saturated heterocycles. The van der Waals surface area contributed by atoms with Gasteiger partial charge in [-0.1, -0.05) is 6.07 Å². The summed E-state index contributed by atoms with van der Waals surface area (Å²) in [4.78, 5) is 14.0. The van der Waals surface area contributed by atoms with Crippen LogP contribution in [0.4, 0.5) is 5.82 Å². The lowest BCUT2D eigenvalue weighted by Gasteiger charge is -2.25. The third-order valence-electron chi connectivity index (χ3n) is 4.10. The molecule has 2 aromatic heterocycles. The van der Waals surface area contributed by atoms with Gasteiger partial charge in [0.05, 0.1) is 22.8 Å². The van der Waals surface area contributed by atoms with Gasteiger partial charge in [0.15, 0.2) is 0 Å². The molecule has 2 aromatic rings. The second kappa shape index (κ2) is 5.19. The summed E-state index contributed by atoms with van der Waals surface area (Å²) in [6.07, 6.45) is 5.27. The first kappa shape index (κ1) is 13.0. The maximum Gasteiger partial charge on any atom is 0.148 e. The van der Waals surface area contributed by atoms with Crippen LogP contribution in [0.3, 0.4) is 0 Å². The molecule has 0 bridgehead atoms. The van der Waals surface area contributed by atoms with Gasteiger partial charge in [-0.15, -0.1) is 0 Å². The topological polar surface area (TPSA) is 50.7 Å². The second-order valence-corrected chi connectivity index (χ2v) is 5.37. The molecule has 1 unspecified atom stereocenters. The number of anilines is 1. The van der Waals surface area contributed by atoms with Crippen molar-refractivity contribution in [3.8, 4) is 0 Å². The summed E-state index contributed by atoms with van der Waals surface area (Å²) in [5.41, 5.74) is 5.55. The average molecular weight is 268 g/mol. The summed E-state index contributed by atoms with van der Waals surface area (Å²) in [5.74, 6) is 1.14. The fourth-order valence-corrected chi connectivity index (χ4v) is 2.92. The SMILES string of the molecule is CNc1nc(C)c(C)nc1C1CCCc2cccnc21. The number of pyridine rings is 1. The highest BCUT2D eigenvalue weighted by Crippen LogP contribution is 2.36. The number of hydrogen-bond donors (Lipinski definition) is 1. The Morgan fingerprint density at radius 1 is 1.15 bits per heavy atom. The van der Waals surface area contributed by atoms with Crippen LogP contribution >= 0.6 is 0 Å². The number of nitrogens with one attached hydrogen (secondary N) is 1. The number of nitrogens with zero attached hydrogens (tertiary/aromatic N) is 3. The van der Waals surface area contributed by atoms with E-state index in [1.54, 1.807) is 0 Å². The number of fused-ring (bicyclic) bond motifs is 1. The molecule has 2 heterocycles. The van der Waals surface area contributed by atoms with E-state index in [0.29, 0.717) is 0 Å². The van der Waals surface area contributed by atoms with Gasteiger partial charge in [0.25, 0.3) is 0 Å². The lowest BCUT2D eigenvalue weighted by Crippen LogP contribution is -2.17. The highest BCUT2D eigenvalue weighted by atomic mass is 15.0. The van der Waals surface area contributed by atoms with Crippen LogP contribution in [0.2, 0.25) is 0 Å². The van der Waals surface area contributed by atoms with Crippen LogP contribution < -0.4 is 5.32 Å². The molecule has 0 spiro atoms. The van der Waals surface area contributed by atoms with Gasteiger partial charge >= 0.3 is 0 Å². The standard InChI is InChI=1S/C16H20N4/c1-10-11(2)20-16(17-3)15(19-10)13-8-4-6-12-7-5-9-18-14(12)13/h5,7,9,13H,4,6,8H2,1-3H3,(H,17,20). The average Bonchev–Trinajstić information content (AvgIpc) is 2.49. The molecule has 0 amide bonds. The predicted molar refractivity (Wildman–Crippen MR) is 80.1 cm³/mol. The maximum absolute atomic E-state index is 4.80. The van der Waals surface area contributed by atoms with E-state index in [9.17, 15) is 0 Å². The zero-order chi connectivity index (χ0) is 14.1. The molecule has 0 aliphatic heterocycles. The molecule has 1 aliphatic rings. The van der Waals surface area contributed by atoms with Gasteiger partial charge in [0.2, 0.25) is 0 Å². The van der Waals surface area contributed by atoms with E-state index < -0.39 is 0 Å². The lowest BCUT2D eigenvalue weighted by atomic mass is 9.84. The highest BCUT2D eigenvalue weighted by Gasteiger charge is 2.27. The molecule has 1 N–H and O–H groups in total. The van der Waals surface area contributed by atoms with Crippen molar-refractivity contribution < 1.29 is 0 Å². The number of aromatic nitrogens is 3. The van der Waals surface area contributed by atoms with E-state index in [2.05, 4.69) is 21.4 Å². The predicted octanol–water partition coefficient (Wildman–Crippen LogP) is 3.00. The largest absolute Gasteiger partial charge is 0.372 e. The molecule has 3 rings (SSSR count). The molecule has 0 radical (unpaired) electrons. The van der Waals surface area contributed by atoms with Crippen molar-refractivity contribution in [3.05, 3.63) is 46.7 Å². The zero-order valence-electron chi connectivity index (χ0n) is 12.3. The molecular weight excluding hydrogens is 248 g/mol. The summed E-state index contributed by atoms with van der Waals surface area (Å²) < 4.78 is 0. The quantitative estimate of drug-likeness (QED) is 0.909. The highest BCUT2D eigenvalue weighted by molar-refractivity contribution is 5.47. The van der Waals surface area contributed by atoms with Crippen LogP contribution in [-0.4, -0.2) is 22.0 Å². The van der Waals surface area contributed by atoms with Crippen LogP contribution in [0.1, 0.15) is 47.1 Å². The fraction of sp³-hybridized carbons (Fsp3) is 0.438. The summed E-state index contributed by atoms with van der Waals surface area (Å²) >= 11 is 0. The fourth-order valence-electron chi connectivity index (χ4n) is 2.92. The molecule has 4 heteroatoms. The van der Waals surface area contributed by atoms with E-state index in [4.69, 9.17) is 4.98 Å². The second-order valence-electron chi connectivity index (χ2n) is 5.37. The third kappa shape index (κ3) is 2.15. The van der Waals surface area contributed by atoms with Crippen molar-refractivity contribution in [3.63, 3.8) is 0 Å². The number of hydrogen-bond acceptors (Lipinski definition) is 4. The molecular formula is C16H20N4. The summed E-state index contributed by atoms with van der Waals surface area (Å²) in [6.45, 7) is 4.02. The van der Waals surface area contributed by atoms with Gasteiger partial charge < -0.3 is 5.32 Å². The smallest absolute Gasteiger partial charge is 0.148 e. The Kier molecular flexibility index (Phi) is 3.38. The van der Waals surface area contributed by atoms with E-state index in [0.717, 1.165) is 35.7 Å². The maximum atomic E-state index is 4.80. The minimum absolute atomic E-state index is 0.259. The van der Waals surface area contributed by atoms with Gasteiger partial charge in [-0.2, -0.15) is 0 Å². The van der Waals surface area contributed by atoms with Gasteiger partial charge in [-0.05, 0) is 44.7 Å². The van der Waals surface area contributed by atoms with Gasteiger partial charge in [0, 0.05) is 19.2 Å². The number of aryl methyl sites for hydroxylation is 3. The minimum Gasteiger partial charge on any atom is -0.372 e. The monoisotopic (exact) mass is 268 g/mol. The van der Waals surface area contributed by atoms with Crippen molar-refractivity contribution in [2.75, 3.05) is 12.4 Å². The summed E-state index contributed by atoms with van der Waals surface area (Å²) in [7, 11) is 1.91. The molecule has 4 nitrogen and oxygen atoms in total. The van der Waals surface area contributed by atoms with E-state index in [-0.39, 0.29) is 5.92 Å². The van der Waals surface area contributed by atoms with E-state index >= 15 is 0 Å². The first-order chi connectivity index (χ1) is 9.70. The van der Waals surface area contributed by atoms with Crippen molar-refractivity contribution >= 4 is 5.82 Å². The first-order valence-electron chi connectivity index (χ1n) is 7.17. The summed E-state index contributed by atoms with van der Waals surface area (Å²) in [5, 5.41) is 3.19. The normalized spacial score (nSPS) is 17.6. The van der Waals surface area contributed by atoms with Gasteiger partial charge in [0.1, 0.15) is 5.82 Å². The van der Waals surface area contributed by atoms with Crippen LogP contribution in [0.25, 0.3) is 0 Å². The van der Waals surface area contributed by atoms with Gasteiger partial charge in [-0.25, -0.2) is 4.98 Å². The Bertz CT molecular complexity index is 636. The Morgan fingerprint density at radius 2 is 1.95 bits per heavy atom. The Morgan fingerprint density at radius 3 is 2.75 bits per heavy atom. The lowest BCUT2D eigenvalue weighted by molar-refractivity contribution is 0.585. The Hall–Kier alpha value is -1.97. The molecule has 1 aliphatic carbocycles. The molecule has 0 aromatic carbocycles. The van der Waals surface area contributed by atoms with Crippen molar-refractivity contribution in [2.45, 2.75) is 39.0 Å². The van der Waals surface area contributed by atoms with Crippen molar-refractivity contribution in [2.24, 2.45) is 0 Å². The third-order valence-corrected chi connectivity index (χ3v) is 4.10. The van der Waals surface area contributed by atoms with Crippen molar-refractivity contribution in [1.82, 2.24) is 15.0 Å². The Labute approximate surface area is 119 Å². The van der Waals surface area contributed by atoms with Crippen LogP contribution in [0, 0.1) is 13.8 Å². The van der Waals surface area contributed by atoms with Gasteiger partial charge in [-0.3, -0.25) is 9.97 Å². The molecule has 104 valence electrons. The van der Waals surface area contributed by atoms with Crippen LogP contribution in [-0.2, 0) is 6.42 Å². The number of rotatable bonds is 2. The molecule has 1 atom stereocenters. The Balaban J connectivity index is 2.13. The van der Waals surface area contributed by atoms with E-state index in [1.165, 1.54) is 17.7 Å². The minimum atomic E-state index is 0.259.